The van der Waals surface area contributed by atoms with Crippen molar-refractivity contribution in [2.45, 2.75) is 335 Å². The molecule has 0 aliphatic carbocycles. The number of rotatable bonds is 60. The van der Waals surface area contributed by atoms with Crippen LogP contribution in [0, 0.1) is 0 Å². The van der Waals surface area contributed by atoms with Gasteiger partial charge in [-0.05, 0) is 96.3 Å². The first kappa shape index (κ1) is 73.6. The first-order chi connectivity index (χ1) is 38.0. The Morgan fingerprint density at radius 2 is 0.506 bits per heavy atom. The fourth-order valence-electron chi connectivity index (χ4n) is 9.44. The van der Waals surface area contributed by atoms with Crippen LogP contribution in [-0.2, 0) is 28.6 Å². The quantitative estimate of drug-likeness (QED) is 0.0261. The van der Waals surface area contributed by atoms with E-state index in [0.29, 0.717) is 19.3 Å². The molecule has 6 nitrogen and oxygen atoms in total. The highest BCUT2D eigenvalue weighted by Gasteiger charge is 2.19. The van der Waals surface area contributed by atoms with Gasteiger partial charge in [0.15, 0.2) is 6.10 Å². The Morgan fingerprint density at radius 1 is 0.273 bits per heavy atom. The summed E-state index contributed by atoms with van der Waals surface area (Å²) in [5, 5.41) is 0. The maximum Gasteiger partial charge on any atom is 0.306 e. The standard InChI is InChI=1S/C71H124O6/c1-4-7-10-13-16-19-21-23-25-27-29-31-33-34-35-36-38-39-41-43-45-47-49-52-55-58-61-64-70(73)76-67-68(66-75-69(72)63-60-57-54-51-18-15-12-9-6-3)77-71(74)65-62-59-56-53-50-48-46-44-42-40-37-32-30-28-26-24-22-20-17-14-11-8-5-2/h7,10,16,19,22-25,28-31,34-35,68H,4-6,8-9,11-15,17-18,20-21,26-27,32-33,36-67H2,1-3H3/b10-7-,19-16-,24-22-,25-23-,30-28-,31-29-,35-34-. The van der Waals surface area contributed by atoms with E-state index in [1.807, 2.05) is 0 Å². The van der Waals surface area contributed by atoms with Crippen LogP contribution in [0.15, 0.2) is 85.1 Å². The molecule has 0 aromatic heterocycles. The fraction of sp³-hybridized carbons (Fsp3) is 0.761. The highest BCUT2D eigenvalue weighted by molar-refractivity contribution is 5.71. The van der Waals surface area contributed by atoms with Gasteiger partial charge in [-0.25, -0.2) is 0 Å². The topological polar surface area (TPSA) is 78.9 Å². The van der Waals surface area contributed by atoms with Crippen LogP contribution in [0.2, 0.25) is 0 Å². The van der Waals surface area contributed by atoms with Gasteiger partial charge in [0.05, 0.1) is 0 Å². The molecule has 0 saturated carbocycles. The van der Waals surface area contributed by atoms with Gasteiger partial charge in [0.25, 0.3) is 0 Å². The molecule has 0 radical (unpaired) electrons. The third-order valence-corrected chi connectivity index (χ3v) is 14.4. The van der Waals surface area contributed by atoms with Crippen molar-refractivity contribution in [2.24, 2.45) is 0 Å². The van der Waals surface area contributed by atoms with Crippen molar-refractivity contribution in [2.75, 3.05) is 13.2 Å². The second-order valence-electron chi connectivity index (χ2n) is 22.0. The first-order valence-corrected chi connectivity index (χ1v) is 33.1. The number of unbranched alkanes of at least 4 members (excludes halogenated alkanes) is 35. The van der Waals surface area contributed by atoms with E-state index in [1.165, 1.54) is 193 Å². The normalized spacial score (nSPS) is 12.6. The van der Waals surface area contributed by atoms with Crippen LogP contribution >= 0.6 is 0 Å². The predicted octanol–water partition coefficient (Wildman–Crippen LogP) is 22.7. The lowest BCUT2D eigenvalue weighted by Gasteiger charge is -2.18. The van der Waals surface area contributed by atoms with Crippen molar-refractivity contribution in [3.05, 3.63) is 85.1 Å². The Morgan fingerprint density at radius 3 is 0.792 bits per heavy atom. The average Bonchev–Trinajstić information content (AvgIpc) is 3.43. The first-order valence-electron chi connectivity index (χ1n) is 33.1. The summed E-state index contributed by atoms with van der Waals surface area (Å²) in [5.74, 6) is -0.869. The Labute approximate surface area is 477 Å². The van der Waals surface area contributed by atoms with Crippen LogP contribution in [-0.4, -0.2) is 37.2 Å². The zero-order valence-corrected chi connectivity index (χ0v) is 51.0. The maximum atomic E-state index is 12.9. The Kier molecular flexibility index (Phi) is 62.2. The number of esters is 3. The Balaban J connectivity index is 4.19. The average molecular weight is 1070 g/mol. The largest absolute Gasteiger partial charge is 0.462 e. The lowest BCUT2D eigenvalue weighted by Crippen LogP contribution is -2.30. The minimum atomic E-state index is -0.777. The van der Waals surface area contributed by atoms with Gasteiger partial charge >= 0.3 is 17.9 Å². The fourth-order valence-corrected chi connectivity index (χ4v) is 9.44. The van der Waals surface area contributed by atoms with E-state index in [4.69, 9.17) is 14.2 Å². The van der Waals surface area contributed by atoms with Crippen molar-refractivity contribution in [1.82, 2.24) is 0 Å². The zero-order valence-electron chi connectivity index (χ0n) is 51.0. The smallest absolute Gasteiger partial charge is 0.306 e. The Hall–Kier alpha value is -3.41. The molecule has 6 heteroatoms. The molecular weight excluding hydrogens is 949 g/mol. The predicted molar refractivity (Wildman–Crippen MR) is 334 cm³/mol. The van der Waals surface area contributed by atoms with Crippen LogP contribution in [0.25, 0.3) is 0 Å². The highest BCUT2D eigenvalue weighted by atomic mass is 16.6. The molecular formula is C71H124O6. The van der Waals surface area contributed by atoms with Crippen molar-refractivity contribution in [3.63, 3.8) is 0 Å². The van der Waals surface area contributed by atoms with Gasteiger partial charge in [-0.2, -0.15) is 0 Å². The molecule has 0 fully saturated rings. The summed E-state index contributed by atoms with van der Waals surface area (Å²) in [4.78, 5) is 38.2. The van der Waals surface area contributed by atoms with Gasteiger partial charge in [0.2, 0.25) is 0 Å². The second-order valence-corrected chi connectivity index (χ2v) is 22.0. The number of carbonyl (C=O) groups is 3. The molecule has 0 heterocycles. The highest BCUT2D eigenvalue weighted by Crippen LogP contribution is 2.17. The summed E-state index contributed by atoms with van der Waals surface area (Å²) in [5.41, 5.74) is 0. The molecule has 0 aliphatic rings. The minimum Gasteiger partial charge on any atom is -0.462 e. The van der Waals surface area contributed by atoms with Gasteiger partial charge in [-0.1, -0.05) is 298 Å². The number of hydrogen-bond acceptors (Lipinski definition) is 6. The lowest BCUT2D eigenvalue weighted by molar-refractivity contribution is -0.167. The lowest BCUT2D eigenvalue weighted by atomic mass is 10.0. The summed E-state index contributed by atoms with van der Waals surface area (Å²) in [6, 6.07) is 0. The van der Waals surface area contributed by atoms with Gasteiger partial charge < -0.3 is 14.2 Å². The van der Waals surface area contributed by atoms with E-state index < -0.39 is 6.10 Å². The molecule has 77 heavy (non-hydrogen) atoms. The van der Waals surface area contributed by atoms with E-state index in [0.717, 1.165) is 96.3 Å². The molecule has 0 spiro atoms. The van der Waals surface area contributed by atoms with Gasteiger partial charge in [0, 0.05) is 19.3 Å². The molecule has 0 aliphatic heterocycles. The van der Waals surface area contributed by atoms with Crippen LogP contribution in [0.4, 0.5) is 0 Å². The third kappa shape index (κ3) is 63.3. The molecule has 0 aromatic carbocycles. The van der Waals surface area contributed by atoms with Crippen LogP contribution in [0.5, 0.6) is 0 Å². The molecule has 0 rings (SSSR count). The van der Waals surface area contributed by atoms with E-state index in [-0.39, 0.29) is 31.1 Å². The van der Waals surface area contributed by atoms with E-state index in [9.17, 15) is 14.4 Å². The van der Waals surface area contributed by atoms with Crippen LogP contribution < -0.4 is 0 Å². The number of carbonyl (C=O) groups excluding carboxylic acids is 3. The van der Waals surface area contributed by atoms with Crippen LogP contribution in [0.3, 0.4) is 0 Å². The number of hydrogen-bond donors (Lipinski definition) is 0. The molecule has 1 atom stereocenters. The van der Waals surface area contributed by atoms with Crippen LogP contribution in [0.1, 0.15) is 329 Å². The summed E-state index contributed by atoms with van der Waals surface area (Å²) in [6.45, 7) is 6.53. The van der Waals surface area contributed by atoms with Gasteiger partial charge in [-0.3, -0.25) is 14.4 Å². The zero-order chi connectivity index (χ0) is 55.7. The van der Waals surface area contributed by atoms with Crippen molar-refractivity contribution >= 4 is 17.9 Å². The monoisotopic (exact) mass is 1070 g/mol. The van der Waals surface area contributed by atoms with Gasteiger partial charge in [0.1, 0.15) is 13.2 Å². The molecule has 0 aromatic rings. The van der Waals surface area contributed by atoms with Crippen molar-refractivity contribution in [1.29, 1.82) is 0 Å². The third-order valence-electron chi connectivity index (χ3n) is 14.4. The maximum absolute atomic E-state index is 12.9. The Bertz CT molecular complexity index is 1470. The number of allylic oxidation sites excluding steroid dienone is 14. The summed E-state index contributed by atoms with van der Waals surface area (Å²) in [6.07, 6.45) is 86.0. The van der Waals surface area contributed by atoms with Crippen molar-refractivity contribution in [3.8, 4) is 0 Å². The number of ether oxygens (including phenoxy) is 3. The van der Waals surface area contributed by atoms with E-state index in [1.54, 1.807) is 0 Å². The minimum absolute atomic E-state index is 0.0748. The molecule has 0 N–H and O–H groups in total. The molecule has 444 valence electrons. The SMILES string of the molecule is CC/C=C\C/C=C\C/C=C\C/C=C\C/C=C\CCCCCCCCCCCCCC(=O)OCC(COC(=O)CCCCCCCCCCC)OC(=O)CCCCCCCCCCCCC/C=C\C/C=C\CCCCCCC. The van der Waals surface area contributed by atoms with Crippen molar-refractivity contribution < 1.29 is 28.6 Å². The molecule has 1 unspecified atom stereocenters. The van der Waals surface area contributed by atoms with E-state index >= 15 is 0 Å². The summed E-state index contributed by atoms with van der Waals surface area (Å²) < 4.78 is 16.9. The molecule has 0 bridgehead atoms. The molecule has 0 amide bonds. The van der Waals surface area contributed by atoms with Gasteiger partial charge in [-0.15, -0.1) is 0 Å². The molecule has 0 saturated heterocycles. The second kappa shape index (κ2) is 65.1. The summed E-state index contributed by atoms with van der Waals surface area (Å²) >= 11 is 0. The summed E-state index contributed by atoms with van der Waals surface area (Å²) in [7, 11) is 0. The van der Waals surface area contributed by atoms with E-state index in [2.05, 4.69) is 106 Å².